The van der Waals surface area contributed by atoms with E-state index in [-0.39, 0.29) is 0 Å². The van der Waals surface area contributed by atoms with Crippen molar-refractivity contribution in [2.75, 3.05) is 0 Å². The molecule has 7 aromatic carbocycles. The summed E-state index contributed by atoms with van der Waals surface area (Å²) in [7, 11) is 0. The van der Waals surface area contributed by atoms with E-state index in [1.807, 2.05) is 0 Å². The Morgan fingerprint density at radius 2 is 0.464 bits per heavy atom. The molecule has 0 spiro atoms. The third-order valence-electron chi connectivity index (χ3n) is 11.6. The van der Waals surface area contributed by atoms with E-state index in [2.05, 4.69) is 180 Å². The molecule has 0 radical (unpaired) electrons. The topological polar surface area (TPSA) is 0 Å². The van der Waals surface area contributed by atoms with Crippen LogP contribution in [0.1, 0.15) is 66.8 Å². The standard InChI is InChI=1S/C54H54S2/c1-29-17-33(5)49(34(6)18-29)43-25-45(53(55)47(27-43)51-37(9)21-31(3)22-38(51)10)41-13-15-42(16-14-41)46-26-44(50-35(7)19-30(2)20-36(50)8)28-48(54(46)56)52-39(11)23-32(4)24-40(52)12/h13-28,55-56H,1-12H3. The molecule has 2 heteroatoms. The lowest BCUT2D eigenvalue weighted by Gasteiger charge is -2.21. The van der Waals surface area contributed by atoms with Crippen molar-refractivity contribution in [2.45, 2.75) is 92.9 Å². The number of thiol groups is 2. The second-order valence-corrected chi connectivity index (χ2v) is 17.4. The first-order valence-corrected chi connectivity index (χ1v) is 20.6. The van der Waals surface area contributed by atoms with Crippen LogP contribution in [0.3, 0.4) is 0 Å². The van der Waals surface area contributed by atoms with Crippen LogP contribution in [0.2, 0.25) is 0 Å². The SMILES string of the molecule is Cc1cc(C)c(-c2cc(-c3ccc(-c4cc(-c5c(C)cc(C)cc5C)cc(-c5c(C)cc(C)cc5C)c4S)cc3)c(S)c(-c3c(C)cc(C)cc3C)c2)c(C)c1. The number of hydrogen-bond acceptors (Lipinski definition) is 2. The summed E-state index contributed by atoms with van der Waals surface area (Å²) in [5.74, 6) is 0. The molecule has 0 aliphatic rings. The zero-order valence-corrected chi connectivity index (χ0v) is 36.9. The van der Waals surface area contributed by atoms with Crippen LogP contribution in [-0.4, -0.2) is 0 Å². The van der Waals surface area contributed by atoms with Gasteiger partial charge in [0.15, 0.2) is 0 Å². The Morgan fingerprint density at radius 1 is 0.250 bits per heavy atom. The van der Waals surface area contributed by atoms with Gasteiger partial charge in [0.25, 0.3) is 0 Å². The third kappa shape index (κ3) is 7.31. The zero-order chi connectivity index (χ0) is 40.3. The number of hydrogen-bond donors (Lipinski definition) is 2. The van der Waals surface area contributed by atoms with Crippen molar-refractivity contribution in [2.24, 2.45) is 0 Å². The van der Waals surface area contributed by atoms with E-state index < -0.39 is 0 Å². The van der Waals surface area contributed by atoms with Crippen molar-refractivity contribution in [3.63, 3.8) is 0 Å². The molecule has 0 N–H and O–H groups in total. The first-order chi connectivity index (χ1) is 26.5. The van der Waals surface area contributed by atoms with E-state index >= 15 is 0 Å². The largest absolute Gasteiger partial charge is 0.142 e. The fourth-order valence-corrected chi connectivity index (χ4v) is 10.4. The molecule has 0 aliphatic heterocycles. The minimum Gasteiger partial charge on any atom is -0.142 e. The van der Waals surface area contributed by atoms with Gasteiger partial charge in [0.1, 0.15) is 0 Å². The maximum Gasteiger partial charge on any atom is 0.0198 e. The van der Waals surface area contributed by atoms with Crippen LogP contribution >= 0.6 is 25.3 Å². The lowest BCUT2D eigenvalue weighted by molar-refractivity contribution is 1.29. The van der Waals surface area contributed by atoms with Gasteiger partial charge in [0.2, 0.25) is 0 Å². The summed E-state index contributed by atoms with van der Waals surface area (Å²) in [5.41, 5.74) is 29.7. The molecule has 0 nitrogen and oxygen atoms in total. The van der Waals surface area contributed by atoms with Crippen LogP contribution in [0.15, 0.2) is 107 Å². The molecule has 0 aromatic heterocycles. The molecule has 7 rings (SSSR count). The highest BCUT2D eigenvalue weighted by atomic mass is 32.1. The molecule has 0 saturated heterocycles. The first-order valence-electron chi connectivity index (χ1n) is 19.7. The molecule has 0 amide bonds. The minimum absolute atomic E-state index is 0.994. The summed E-state index contributed by atoms with van der Waals surface area (Å²) in [5, 5.41) is 0. The second-order valence-electron chi connectivity index (χ2n) is 16.5. The molecule has 282 valence electrons. The van der Waals surface area contributed by atoms with Crippen LogP contribution in [0, 0.1) is 83.1 Å². The predicted octanol–water partition coefficient (Wildman–Crippen LogP) is 16.0. The van der Waals surface area contributed by atoms with Gasteiger partial charge in [0, 0.05) is 9.79 Å². The monoisotopic (exact) mass is 766 g/mol. The highest BCUT2D eigenvalue weighted by molar-refractivity contribution is 7.80. The average molecular weight is 767 g/mol. The van der Waals surface area contributed by atoms with E-state index in [4.69, 9.17) is 25.3 Å². The highest BCUT2D eigenvalue weighted by Crippen LogP contribution is 2.46. The van der Waals surface area contributed by atoms with Crippen molar-refractivity contribution in [1.29, 1.82) is 0 Å². The molecule has 0 unspecified atom stereocenters. The Labute approximate surface area is 346 Å². The van der Waals surface area contributed by atoms with Gasteiger partial charge in [-0.3, -0.25) is 0 Å². The van der Waals surface area contributed by atoms with E-state index in [0.717, 1.165) is 32.0 Å². The van der Waals surface area contributed by atoms with Gasteiger partial charge in [-0.05, 0) is 219 Å². The lowest BCUT2D eigenvalue weighted by atomic mass is 9.85. The fourth-order valence-electron chi connectivity index (χ4n) is 9.69. The van der Waals surface area contributed by atoms with Gasteiger partial charge >= 0.3 is 0 Å². The summed E-state index contributed by atoms with van der Waals surface area (Å²) in [6.45, 7) is 26.5. The quantitative estimate of drug-likeness (QED) is 0.155. The van der Waals surface area contributed by atoms with Crippen LogP contribution < -0.4 is 0 Å². The van der Waals surface area contributed by atoms with Crippen LogP contribution in [0.25, 0.3) is 66.8 Å². The van der Waals surface area contributed by atoms with E-state index in [9.17, 15) is 0 Å². The van der Waals surface area contributed by atoms with Gasteiger partial charge in [-0.25, -0.2) is 0 Å². The van der Waals surface area contributed by atoms with Crippen LogP contribution in [0.5, 0.6) is 0 Å². The van der Waals surface area contributed by atoms with Crippen molar-refractivity contribution in [3.8, 4) is 66.8 Å². The van der Waals surface area contributed by atoms with E-state index in [1.54, 1.807) is 0 Å². The molecular formula is C54H54S2. The summed E-state index contributed by atoms with van der Waals surface area (Å²) < 4.78 is 0. The normalized spacial score (nSPS) is 11.4. The number of rotatable bonds is 6. The van der Waals surface area contributed by atoms with Crippen LogP contribution in [0.4, 0.5) is 0 Å². The Balaban J connectivity index is 1.45. The molecule has 7 aromatic rings. The Bertz CT molecular complexity index is 2430. The van der Waals surface area contributed by atoms with E-state index in [0.29, 0.717) is 0 Å². The van der Waals surface area contributed by atoms with Gasteiger partial charge in [0.05, 0.1) is 0 Å². The zero-order valence-electron chi connectivity index (χ0n) is 35.1. The Morgan fingerprint density at radius 3 is 0.714 bits per heavy atom. The van der Waals surface area contributed by atoms with Crippen molar-refractivity contribution in [3.05, 3.63) is 164 Å². The molecule has 0 bridgehead atoms. The lowest BCUT2D eigenvalue weighted by Crippen LogP contribution is -1.97. The predicted molar refractivity (Wildman–Crippen MR) is 250 cm³/mol. The molecule has 0 saturated carbocycles. The minimum atomic E-state index is 0.994. The molecule has 0 aliphatic carbocycles. The average Bonchev–Trinajstić information content (AvgIpc) is 3.09. The molecule has 0 heterocycles. The summed E-state index contributed by atoms with van der Waals surface area (Å²) in [4.78, 5) is 1.99. The fraction of sp³-hybridized carbons (Fsp3) is 0.222. The highest BCUT2D eigenvalue weighted by Gasteiger charge is 2.21. The Kier molecular flexibility index (Phi) is 10.8. The van der Waals surface area contributed by atoms with Gasteiger partial charge < -0.3 is 0 Å². The second kappa shape index (κ2) is 15.3. The van der Waals surface area contributed by atoms with Gasteiger partial charge in [-0.15, -0.1) is 25.3 Å². The first kappa shape index (κ1) is 39.5. The van der Waals surface area contributed by atoms with Crippen molar-refractivity contribution >= 4 is 25.3 Å². The van der Waals surface area contributed by atoms with E-state index in [1.165, 1.54) is 111 Å². The number of aryl methyl sites for hydroxylation is 12. The summed E-state index contributed by atoms with van der Waals surface area (Å²) in [6.07, 6.45) is 0. The van der Waals surface area contributed by atoms with Crippen molar-refractivity contribution in [1.82, 2.24) is 0 Å². The summed E-state index contributed by atoms with van der Waals surface area (Å²) in [6, 6.07) is 36.8. The smallest absolute Gasteiger partial charge is 0.0198 e. The van der Waals surface area contributed by atoms with Gasteiger partial charge in [-0.2, -0.15) is 0 Å². The molecule has 0 fully saturated rings. The maximum absolute atomic E-state index is 5.34. The molecular weight excluding hydrogens is 713 g/mol. The maximum atomic E-state index is 5.34. The molecule has 0 atom stereocenters. The van der Waals surface area contributed by atoms with Crippen LogP contribution in [-0.2, 0) is 0 Å². The van der Waals surface area contributed by atoms with Crippen molar-refractivity contribution < 1.29 is 0 Å². The number of benzene rings is 7. The molecule has 56 heavy (non-hydrogen) atoms. The summed E-state index contributed by atoms with van der Waals surface area (Å²) >= 11 is 10.7. The Hall–Kier alpha value is -4.76. The third-order valence-corrected chi connectivity index (χ3v) is 12.5. The van der Waals surface area contributed by atoms with Gasteiger partial charge in [-0.1, -0.05) is 95.1 Å².